The van der Waals surface area contributed by atoms with E-state index in [0.717, 1.165) is 23.0 Å². The topological polar surface area (TPSA) is 67.5 Å². The van der Waals surface area contributed by atoms with Crippen LogP contribution >= 0.6 is 15.9 Å². The van der Waals surface area contributed by atoms with E-state index in [0.29, 0.717) is 41.2 Å². The summed E-state index contributed by atoms with van der Waals surface area (Å²) < 4.78 is 11.7. The Bertz CT molecular complexity index is 1090. The van der Waals surface area contributed by atoms with Gasteiger partial charge in [-0.1, -0.05) is 6.08 Å². The number of fused-ring (bicyclic) bond motifs is 1. The molecule has 0 saturated carbocycles. The van der Waals surface area contributed by atoms with E-state index >= 15 is 0 Å². The average Bonchev–Trinajstić information content (AvgIpc) is 3.19. The van der Waals surface area contributed by atoms with Gasteiger partial charge in [-0.3, -0.25) is 4.79 Å². The minimum absolute atomic E-state index is 0.0251. The van der Waals surface area contributed by atoms with Crippen LogP contribution < -0.4 is 9.47 Å². The fourth-order valence-corrected chi connectivity index (χ4v) is 4.19. The number of hydrogen-bond donors (Lipinski definition) is 1. The third-order valence-electron chi connectivity index (χ3n) is 5.06. The quantitative estimate of drug-likeness (QED) is 0.607. The molecule has 0 fully saturated rings. The Balaban J connectivity index is 1.55. The highest BCUT2D eigenvalue weighted by Crippen LogP contribution is 2.37. The molecule has 3 aromatic rings. The van der Waals surface area contributed by atoms with Crippen LogP contribution in [0.1, 0.15) is 29.3 Å². The molecule has 1 aliphatic rings. The minimum atomic E-state index is -0.0251. The Morgan fingerprint density at radius 1 is 1.38 bits per heavy atom. The number of nitrogens with zero attached hydrogens (tertiary/aromatic N) is 2. The first-order valence-corrected chi connectivity index (χ1v) is 10.3. The maximum Gasteiger partial charge on any atom is 0.254 e. The number of nitrogens with one attached hydrogen (secondary N) is 1. The molecule has 0 aliphatic carbocycles. The average molecular weight is 456 g/mol. The van der Waals surface area contributed by atoms with Gasteiger partial charge in [-0.25, -0.2) is 4.98 Å². The van der Waals surface area contributed by atoms with Crippen LogP contribution in [0, 0.1) is 0 Å². The van der Waals surface area contributed by atoms with Gasteiger partial charge < -0.3 is 19.4 Å². The summed E-state index contributed by atoms with van der Waals surface area (Å²) in [6.45, 7) is 3.65. The van der Waals surface area contributed by atoms with E-state index in [2.05, 4.69) is 38.0 Å². The standard InChI is InChI=1S/C22H22BrN3O3/c1-3-29-20-18(23)11-15(12-19(20)28-2)22(27)26-9-6-14(7-10-26)17-13-25-21-16(17)5-4-8-24-21/h4-6,8,11-13H,3,7,9-10H2,1-2H3,(H,24,25). The number of rotatable bonds is 5. The second-order valence-corrected chi connectivity index (χ2v) is 7.61. The largest absolute Gasteiger partial charge is 0.493 e. The lowest BCUT2D eigenvalue weighted by Gasteiger charge is -2.27. The molecule has 7 heteroatoms. The normalized spacial score (nSPS) is 14.0. The second kappa shape index (κ2) is 8.29. The predicted octanol–water partition coefficient (Wildman–Crippen LogP) is 4.66. The fourth-order valence-electron chi connectivity index (χ4n) is 3.63. The Kier molecular flexibility index (Phi) is 5.58. The molecule has 29 heavy (non-hydrogen) atoms. The van der Waals surface area contributed by atoms with E-state index < -0.39 is 0 Å². The van der Waals surface area contributed by atoms with Crippen molar-refractivity contribution in [1.29, 1.82) is 0 Å². The summed E-state index contributed by atoms with van der Waals surface area (Å²) in [5.41, 5.74) is 3.85. The Morgan fingerprint density at radius 2 is 2.24 bits per heavy atom. The number of methoxy groups -OCH3 is 1. The third kappa shape index (κ3) is 3.74. The number of halogens is 1. The molecule has 2 aromatic heterocycles. The van der Waals surface area contributed by atoms with Crippen LogP contribution in [0.15, 0.2) is 47.2 Å². The lowest BCUT2D eigenvalue weighted by atomic mass is 9.99. The number of hydrogen-bond acceptors (Lipinski definition) is 4. The molecule has 6 nitrogen and oxygen atoms in total. The van der Waals surface area contributed by atoms with Gasteiger partial charge in [-0.15, -0.1) is 0 Å². The lowest BCUT2D eigenvalue weighted by molar-refractivity contribution is 0.0772. The molecule has 0 saturated heterocycles. The van der Waals surface area contributed by atoms with Gasteiger partial charge in [-0.2, -0.15) is 0 Å². The van der Waals surface area contributed by atoms with Crippen molar-refractivity contribution in [3.8, 4) is 11.5 Å². The van der Waals surface area contributed by atoms with Crippen molar-refractivity contribution in [2.24, 2.45) is 0 Å². The van der Waals surface area contributed by atoms with Gasteiger partial charge >= 0.3 is 0 Å². The number of benzene rings is 1. The highest BCUT2D eigenvalue weighted by atomic mass is 79.9. The van der Waals surface area contributed by atoms with Crippen molar-refractivity contribution in [2.75, 3.05) is 26.8 Å². The smallest absolute Gasteiger partial charge is 0.254 e. The van der Waals surface area contributed by atoms with Crippen LogP contribution in [0.4, 0.5) is 0 Å². The first kappa shape index (κ1) is 19.5. The third-order valence-corrected chi connectivity index (χ3v) is 5.65. The number of aromatic amines is 1. The summed E-state index contributed by atoms with van der Waals surface area (Å²) in [4.78, 5) is 22.5. The van der Waals surface area contributed by atoms with Gasteiger partial charge in [0.05, 0.1) is 18.2 Å². The van der Waals surface area contributed by atoms with Crippen molar-refractivity contribution in [1.82, 2.24) is 14.9 Å². The van der Waals surface area contributed by atoms with Crippen molar-refractivity contribution < 1.29 is 14.3 Å². The maximum absolute atomic E-state index is 13.1. The fraction of sp³-hybridized carbons (Fsp3) is 0.273. The Morgan fingerprint density at radius 3 is 2.97 bits per heavy atom. The number of pyridine rings is 1. The van der Waals surface area contributed by atoms with Crippen LogP contribution in [0.5, 0.6) is 11.5 Å². The highest BCUT2D eigenvalue weighted by molar-refractivity contribution is 9.10. The van der Waals surface area contributed by atoms with E-state index in [1.807, 2.05) is 24.1 Å². The molecule has 3 heterocycles. The van der Waals surface area contributed by atoms with Gasteiger partial charge in [-0.05, 0) is 59.1 Å². The van der Waals surface area contributed by atoms with E-state index in [9.17, 15) is 4.79 Å². The Hall–Kier alpha value is -2.80. The maximum atomic E-state index is 13.1. The van der Waals surface area contributed by atoms with E-state index in [4.69, 9.17) is 9.47 Å². The van der Waals surface area contributed by atoms with Crippen LogP contribution in [0.25, 0.3) is 16.6 Å². The molecule has 1 aromatic carbocycles. The van der Waals surface area contributed by atoms with Crippen LogP contribution in [-0.2, 0) is 0 Å². The molecule has 0 bridgehead atoms. The van der Waals surface area contributed by atoms with Crippen LogP contribution in [0.2, 0.25) is 0 Å². The van der Waals surface area contributed by atoms with Crippen molar-refractivity contribution in [2.45, 2.75) is 13.3 Å². The summed E-state index contributed by atoms with van der Waals surface area (Å²) in [7, 11) is 1.57. The number of aromatic nitrogens is 2. The van der Waals surface area contributed by atoms with E-state index in [-0.39, 0.29) is 5.91 Å². The van der Waals surface area contributed by atoms with Crippen LogP contribution in [0.3, 0.4) is 0 Å². The number of amides is 1. The zero-order chi connectivity index (χ0) is 20.4. The van der Waals surface area contributed by atoms with Gasteiger partial charge in [0.15, 0.2) is 11.5 Å². The molecule has 0 unspecified atom stereocenters. The van der Waals surface area contributed by atoms with Gasteiger partial charge in [0.25, 0.3) is 5.91 Å². The minimum Gasteiger partial charge on any atom is -0.493 e. The molecule has 1 N–H and O–H groups in total. The second-order valence-electron chi connectivity index (χ2n) is 6.75. The highest BCUT2D eigenvalue weighted by Gasteiger charge is 2.23. The summed E-state index contributed by atoms with van der Waals surface area (Å²) >= 11 is 3.49. The lowest BCUT2D eigenvalue weighted by Crippen LogP contribution is -2.34. The molecule has 1 aliphatic heterocycles. The molecule has 0 spiro atoms. The number of H-pyrrole nitrogens is 1. The number of carbonyl (C=O) groups is 1. The van der Waals surface area contributed by atoms with E-state index in [1.54, 1.807) is 25.4 Å². The summed E-state index contributed by atoms with van der Waals surface area (Å²) in [6.07, 6.45) is 6.69. The Labute approximate surface area is 177 Å². The van der Waals surface area contributed by atoms with Gasteiger partial charge in [0, 0.05) is 42.0 Å². The SMILES string of the molecule is CCOc1c(Br)cc(C(=O)N2CC=C(c3c[nH]c4ncccc34)CC2)cc1OC. The van der Waals surface area contributed by atoms with Crippen molar-refractivity contribution in [3.05, 3.63) is 58.3 Å². The summed E-state index contributed by atoms with van der Waals surface area (Å²) in [5, 5.41) is 1.11. The molecular formula is C22H22BrN3O3. The molecule has 0 radical (unpaired) electrons. The van der Waals surface area contributed by atoms with Gasteiger partial charge in [0.2, 0.25) is 0 Å². The first-order valence-electron chi connectivity index (χ1n) is 9.53. The molecule has 150 valence electrons. The van der Waals surface area contributed by atoms with Gasteiger partial charge in [0.1, 0.15) is 5.65 Å². The number of carbonyl (C=O) groups excluding carboxylic acids is 1. The monoisotopic (exact) mass is 455 g/mol. The molecule has 1 amide bonds. The summed E-state index contributed by atoms with van der Waals surface area (Å²) in [5.74, 6) is 1.13. The molecule has 4 rings (SSSR count). The molecule has 0 atom stereocenters. The number of ether oxygens (including phenoxy) is 2. The van der Waals surface area contributed by atoms with Crippen molar-refractivity contribution >= 4 is 38.4 Å². The zero-order valence-electron chi connectivity index (χ0n) is 16.4. The van der Waals surface area contributed by atoms with Crippen LogP contribution in [-0.4, -0.2) is 47.6 Å². The summed E-state index contributed by atoms with van der Waals surface area (Å²) in [6, 6.07) is 7.54. The predicted molar refractivity (Wildman–Crippen MR) is 116 cm³/mol. The first-order chi connectivity index (χ1) is 14.1. The molecular weight excluding hydrogens is 434 g/mol. The van der Waals surface area contributed by atoms with E-state index in [1.165, 1.54) is 5.57 Å². The van der Waals surface area contributed by atoms with Crippen molar-refractivity contribution in [3.63, 3.8) is 0 Å². The zero-order valence-corrected chi connectivity index (χ0v) is 18.0.